The molecule has 0 bridgehead atoms. The third-order valence-corrected chi connectivity index (χ3v) is 6.33. The minimum Gasteiger partial charge on any atom is -0.465 e. The summed E-state index contributed by atoms with van der Waals surface area (Å²) in [6, 6.07) is 14.9. The molecule has 2 heterocycles. The second-order valence-electron chi connectivity index (χ2n) is 7.57. The molecule has 32 heavy (non-hydrogen) atoms. The smallest absolute Gasteiger partial charge is 0.411 e. The summed E-state index contributed by atoms with van der Waals surface area (Å²) in [4.78, 5) is 32.9. The van der Waals surface area contributed by atoms with Gasteiger partial charge in [0.05, 0.1) is 25.0 Å². The van der Waals surface area contributed by atoms with Gasteiger partial charge in [0.2, 0.25) is 0 Å². The molecule has 2 unspecified atom stereocenters. The first-order chi connectivity index (χ1) is 15.5. The highest BCUT2D eigenvalue weighted by molar-refractivity contribution is 9.10. The number of amides is 2. The van der Waals surface area contributed by atoms with Gasteiger partial charge in [-0.1, -0.05) is 46.3 Å². The number of imidazole rings is 1. The second kappa shape index (κ2) is 9.44. The Bertz CT molecular complexity index is 1120. The van der Waals surface area contributed by atoms with Gasteiger partial charge < -0.3 is 14.8 Å². The molecule has 0 radical (unpaired) electrons. The van der Waals surface area contributed by atoms with Crippen molar-refractivity contribution in [2.75, 3.05) is 19.0 Å². The standard InChI is InChI=1S/C23H23BrN4O4/c1-32-22(29)26-15-9-10-17(18(24)12-15)19-13-25-21(27-19)20-16(14-6-3-2-4-7-14)8-5-11-28(20)23(30)31/h2-4,6-7,9-10,12-13,16,20H,5,8,11H2,1H3,(H,25,27)(H,26,29)(H,30,31). The van der Waals surface area contributed by atoms with Crippen LogP contribution in [0.25, 0.3) is 11.3 Å². The Morgan fingerprint density at radius 1 is 1.25 bits per heavy atom. The maximum Gasteiger partial charge on any atom is 0.411 e. The van der Waals surface area contributed by atoms with Gasteiger partial charge in [-0.15, -0.1) is 0 Å². The first kappa shape index (κ1) is 21.9. The molecule has 9 heteroatoms. The van der Waals surface area contributed by atoms with Crippen LogP contribution in [0.4, 0.5) is 15.3 Å². The van der Waals surface area contributed by atoms with E-state index in [1.54, 1.807) is 18.3 Å². The predicted molar refractivity (Wildman–Crippen MR) is 124 cm³/mol. The largest absolute Gasteiger partial charge is 0.465 e. The van der Waals surface area contributed by atoms with Crippen molar-refractivity contribution in [3.8, 4) is 11.3 Å². The highest BCUT2D eigenvalue weighted by Gasteiger charge is 2.38. The van der Waals surface area contributed by atoms with E-state index in [9.17, 15) is 14.7 Å². The van der Waals surface area contributed by atoms with Gasteiger partial charge in [-0.2, -0.15) is 0 Å². The first-order valence-corrected chi connectivity index (χ1v) is 11.0. The third kappa shape index (κ3) is 4.47. The zero-order valence-corrected chi connectivity index (χ0v) is 19.0. The van der Waals surface area contributed by atoms with E-state index in [4.69, 9.17) is 0 Å². The number of carboxylic acid groups (broad SMARTS) is 1. The molecule has 3 aromatic rings. The summed E-state index contributed by atoms with van der Waals surface area (Å²) in [6.45, 7) is 0.469. The van der Waals surface area contributed by atoms with Crippen molar-refractivity contribution in [1.29, 1.82) is 0 Å². The summed E-state index contributed by atoms with van der Waals surface area (Å²) >= 11 is 3.54. The van der Waals surface area contributed by atoms with Gasteiger partial charge in [-0.3, -0.25) is 10.2 Å². The van der Waals surface area contributed by atoms with Crippen LogP contribution in [0, 0.1) is 0 Å². The van der Waals surface area contributed by atoms with Gasteiger partial charge in [0.1, 0.15) is 5.82 Å². The monoisotopic (exact) mass is 498 g/mol. The van der Waals surface area contributed by atoms with Crippen LogP contribution in [0.2, 0.25) is 0 Å². The second-order valence-corrected chi connectivity index (χ2v) is 8.43. The number of hydrogen-bond acceptors (Lipinski definition) is 4. The molecule has 1 saturated heterocycles. The number of piperidine rings is 1. The van der Waals surface area contributed by atoms with E-state index >= 15 is 0 Å². The number of H-pyrrole nitrogens is 1. The van der Waals surface area contributed by atoms with Crippen LogP contribution < -0.4 is 5.32 Å². The molecule has 0 saturated carbocycles. The van der Waals surface area contributed by atoms with Gasteiger partial charge >= 0.3 is 12.2 Å². The number of likely N-dealkylation sites (tertiary alicyclic amines) is 1. The number of carbonyl (C=O) groups excluding carboxylic acids is 1. The lowest BCUT2D eigenvalue weighted by atomic mass is 9.83. The van der Waals surface area contributed by atoms with Crippen molar-refractivity contribution in [3.63, 3.8) is 0 Å². The van der Waals surface area contributed by atoms with Gasteiger partial charge in [0.15, 0.2) is 0 Å². The SMILES string of the molecule is COC(=O)Nc1ccc(-c2cnc(C3C(c4ccccc4)CCCN3C(=O)O)[nH]2)c(Br)c1. The van der Waals surface area contributed by atoms with Crippen LogP contribution in [0.5, 0.6) is 0 Å². The average Bonchev–Trinajstić information content (AvgIpc) is 3.28. The molecular formula is C23H23BrN4O4. The van der Waals surface area contributed by atoms with E-state index in [1.807, 2.05) is 36.4 Å². The van der Waals surface area contributed by atoms with Crippen LogP contribution in [0.1, 0.15) is 36.2 Å². The fraction of sp³-hybridized carbons (Fsp3) is 0.261. The normalized spacial score (nSPS) is 18.2. The van der Waals surface area contributed by atoms with Crippen molar-refractivity contribution < 1.29 is 19.4 Å². The number of aromatic amines is 1. The molecule has 2 amide bonds. The minimum absolute atomic E-state index is 0.00937. The van der Waals surface area contributed by atoms with Crippen molar-refractivity contribution >= 4 is 33.8 Å². The fourth-order valence-electron chi connectivity index (χ4n) is 4.20. The summed E-state index contributed by atoms with van der Waals surface area (Å²) in [6.07, 6.45) is 1.89. The maximum absolute atomic E-state index is 12.0. The summed E-state index contributed by atoms with van der Waals surface area (Å²) in [5, 5.41) is 12.5. The van der Waals surface area contributed by atoms with E-state index in [0.29, 0.717) is 18.1 Å². The highest BCUT2D eigenvalue weighted by Crippen LogP contribution is 2.42. The molecule has 1 fully saturated rings. The van der Waals surface area contributed by atoms with E-state index in [-0.39, 0.29) is 5.92 Å². The molecule has 2 aromatic carbocycles. The minimum atomic E-state index is -0.951. The molecule has 0 spiro atoms. The van der Waals surface area contributed by atoms with Gasteiger partial charge in [-0.25, -0.2) is 14.6 Å². The average molecular weight is 499 g/mol. The Hall–Kier alpha value is -3.33. The summed E-state index contributed by atoms with van der Waals surface area (Å²) in [5.74, 6) is 0.620. The van der Waals surface area contributed by atoms with Crippen LogP contribution in [-0.2, 0) is 4.74 Å². The first-order valence-electron chi connectivity index (χ1n) is 10.2. The summed E-state index contributed by atoms with van der Waals surface area (Å²) in [5.41, 5.74) is 3.27. The van der Waals surface area contributed by atoms with Crippen molar-refractivity contribution in [2.45, 2.75) is 24.8 Å². The molecule has 1 aromatic heterocycles. The number of methoxy groups -OCH3 is 1. The number of nitrogens with one attached hydrogen (secondary N) is 2. The zero-order valence-electron chi connectivity index (χ0n) is 17.4. The van der Waals surface area contributed by atoms with E-state index < -0.39 is 18.2 Å². The Kier molecular flexibility index (Phi) is 6.45. The predicted octanol–water partition coefficient (Wildman–Crippen LogP) is 5.62. The third-order valence-electron chi connectivity index (χ3n) is 5.67. The number of ether oxygens (including phenoxy) is 1. The highest BCUT2D eigenvalue weighted by atomic mass is 79.9. The quantitative estimate of drug-likeness (QED) is 0.432. The maximum atomic E-state index is 12.0. The number of halogens is 1. The molecule has 2 atom stereocenters. The van der Waals surface area contributed by atoms with Gasteiger partial charge in [-0.05, 0) is 36.6 Å². The lowest BCUT2D eigenvalue weighted by Crippen LogP contribution is -2.41. The number of hydrogen-bond donors (Lipinski definition) is 3. The zero-order chi connectivity index (χ0) is 22.7. The molecule has 1 aliphatic heterocycles. The molecule has 4 rings (SSSR count). The van der Waals surface area contributed by atoms with Crippen molar-refractivity contribution in [3.05, 3.63) is 70.6 Å². The summed E-state index contributed by atoms with van der Waals surface area (Å²) in [7, 11) is 1.30. The van der Waals surface area contributed by atoms with Crippen LogP contribution >= 0.6 is 15.9 Å². The number of anilines is 1. The van der Waals surface area contributed by atoms with E-state index in [0.717, 1.165) is 34.1 Å². The van der Waals surface area contributed by atoms with Gasteiger partial charge in [0, 0.05) is 28.2 Å². The lowest BCUT2D eigenvalue weighted by Gasteiger charge is -2.38. The Balaban J connectivity index is 1.67. The number of aromatic nitrogens is 2. The van der Waals surface area contributed by atoms with Crippen LogP contribution in [0.15, 0.2) is 59.2 Å². The molecule has 3 N–H and O–H groups in total. The topological polar surface area (TPSA) is 108 Å². The van der Waals surface area contributed by atoms with Crippen molar-refractivity contribution in [1.82, 2.24) is 14.9 Å². The Morgan fingerprint density at radius 3 is 2.72 bits per heavy atom. The molecule has 166 valence electrons. The Labute approximate surface area is 193 Å². The van der Waals surface area contributed by atoms with Crippen LogP contribution in [0.3, 0.4) is 0 Å². The molecular weight excluding hydrogens is 476 g/mol. The number of carbonyl (C=O) groups is 2. The lowest BCUT2D eigenvalue weighted by molar-refractivity contribution is 0.0934. The molecule has 8 nitrogen and oxygen atoms in total. The number of rotatable bonds is 4. The fourth-order valence-corrected chi connectivity index (χ4v) is 4.79. The Morgan fingerprint density at radius 2 is 2.03 bits per heavy atom. The summed E-state index contributed by atoms with van der Waals surface area (Å²) < 4.78 is 5.37. The van der Waals surface area contributed by atoms with E-state index in [2.05, 4.69) is 36.0 Å². The van der Waals surface area contributed by atoms with E-state index in [1.165, 1.54) is 12.0 Å². The number of nitrogens with zero attached hydrogens (tertiary/aromatic N) is 2. The molecule has 0 aliphatic carbocycles. The molecule has 1 aliphatic rings. The van der Waals surface area contributed by atoms with Gasteiger partial charge in [0.25, 0.3) is 0 Å². The van der Waals surface area contributed by atoms with Crippen molar-refractivity contribution in [2.24, 2.45) is 0 Å². The number of benzene rings is 2. The van der Waals surface area contributed by atoms with Crippen LogP contribution in [-0.4, -0.2) is 45.8 Å².